The van der Waals surface area contributed by atoms with E-state index in [0.29, 0.717) is 5.11 Å². The first-order valence-corrected chi connectivity index (χ1v) is 4.93. The Labute approximate surface area is 89.7 Å². The number of nitrogens with zero attached hydrogens (tertiary/aromatic N) is 2. The third kappa shape index (κ3) is 2.45. The summed E-state index contributed by atoms with van der Waals surface area (Å²) in [6.45, 7) is 4.06. The van der Waals surface area contributed by atoms with Crippen LogP contribution in [0.2, 0.25) is 0 Å². The number of aryl methyl sites for hydroxylation is 2. The van der Waals surface area contributed by atoms with Crippen molar-refractivity contribution >= 4 is 17.3 Å². The molecule has 1 aromatic rings. The molecule has 2 N–H and O–H groups in total. The van der Waals surface area contributed by atoms with E-state index in [-0.39, 0.29) is 6.04 Å². The third-order valence-corrected chi connectivity index (χ3v) is 2.41. The molecule has 4 nitrogen and oxygen atoms in total. The van der Waals surface area contributed by atoms with E-state index in [4.69, 9.17) is 12.2 Å². The molecule has 0 fully saturated rings. The topological polar surface area (TPSA) is 41.9 Å². The van der Waals surface area contributed by atoms with E-state index in [9.17, 15) is 0 Å². The Balaban J connectivity index is 2.73. The Morgan fingerprint density at radius 1 is 1.64 bits per heavy atom. The van der Waals surface area contributed by atoms with Gasteiger partial charge in [-0.2, -0.15) is 5.10 Å². The Kier molecular flexibility index (Phi) is 3.46. The standard InChI is InChI=1S/C9H16N4S/c1-6(11-9(14)10-3)8-5-13(4)12-7(8)2/h5-6H,1-4H3,(H2,10,11,14). The van der Waals surface area contributed by atoms with Gasteiger partial charge >= 0.3 is 0 Å². The van der Waals surface area contributed by atoms with Crippen molar-refractivity contribution in [1.82, 2.24) is 20.4 Å². The molecule has 0 radical (unpaired) electrons. The van der Waals surface area contributed by atoms with Gasteiger partial charge in [-0.15, -0.1) is 0 Å². The molecule has 0 bridgehead atoms. The fraction of sp³-hybridized carbons (Fsp3) is 0.556. The second kappa shape index (κ2) is 4.41. The summed E-state index contributed by atoms with van der Waals surface area (Å²) in [4.78, 5) is 0. The van der Waals surface area contributed by atoms with Gasteiger partial charge in [-0.3, -0.25) is 4.68 Å². The molecular weight excluding hydrogens is 196 g/mol. The number of aromatic nitrogens is 2. The van der Waals surface area contributed by atoms with Gasteiger partial charge in [0.1, 0.15) is 0 Å². The molecule has 0 aromatic carbocycles. The van der Waals surface area contributed by atoms with E-state index >= 15 is 0 Å². The molecular formula is C9H16N4S. The monoisotopic (exact) mass is 212 g/mol. The lowest BCUT2D eigenvalue weighted by molar-refractivity contribution is 0.703. The molecule has 0 aliphatic heterocycles. The van der Waals surface area contributed by atoms with Crippen LogP contribution in [0.15, 0.2) is 6.20 Å². The number of hydrogen-bond acceptors (Lipinski definition) is 2. The SMILES string of the molecule is CNC(=S)NC(C)c1cn(C)nc1C. The first-order valence-electron chi connectivity index (χ1n) is 4.53. The third-order valence-electron chi connectivity index (χ3n) is 2.09. The van der Waals surface area contributed by atoms with Crippen LogP contribution in [0.25, 0.3) is 0 Å². The van der Waals surface area contributed by atoms with Crippen LogP contribution in [0.3, 0.4) is 0 Å². The normalized spacial score (nSPS) is 12.3. The van der Waals surface area contributed by atoms with E-state index in [0.717, 1.165) is 5.69 Å². The van der Waals surface area contributed by atoms with Crippen molar-refractivity contribution in [2.24, 2.45) is 7.05 Å². The van der Waals surface area contributed by atoms with Crippen molar-refractivity contribution in [3.05, 3.63) is 17.5 Å². The fourth-order valence-electron chi connectivity index (χ4n) is 1.39. The number of nitrogens with one attached hydrogen (secondary N) is 2. The van der Waals surface area contributed by atoms with Crippen LogP contribution in [0.1, 0.15) is 24.2 Å². The molecule has 78 valence electrons. The van der Waals surface area contributed by atoms with Gasteiger partial charge in [-0.1, -0.05) is 0 Å². The summed E-state index contributed by atoms with van der Waals surface area (Å²) < 4.78 is 1.81. The number of rotatable bonds is 2. The molecule has 0 spiro atoms. The van der Waals surface area contributed by atoms with E-state index in [1.165, 1.54) is 5.56 Å². The zero-order chi connectivity index (χ0) is 10.7. The zero-order valence-corrected chi connectivity index (χ0v) is 9.77. The molecule has 5 heteroatoms. The summed E-state index contributed by atoms with van der Waals surface area (Å²) in [5, 5.41) is 11.0. The van der Waals surface area contributed by atoms with Crippen molar-refractivity contribution in [2.45, 2.75) is 19.9 Å². The average Bonchev–Trinajstić information content (AvgIpc) is 2.45. The molecule has 1 aromatic heterocycles. The summed E-state index contributed by atoms with van der Waals surface area (Å²) in [5.74, 6) is 0. The molecule has 0 saturated heterocycles. The quantitative estimate of drug-likeness (QED) is 0.714. The highest BCUT2D eigenvalue weighted by Crippen LogP contribution is 2.14. The van der Waals surface area contributed by atoms with Gasteiger partial charge in [0.05, 0.1) is 11.7 Å². The first kappa shape index (κ1) is 11.0. The van der Waals surface area contributed by atoms with Crippen LogP contribution in [0.4, 0.5) is 0 Å². The lowest BCUT2D eigenvalue weighted by atomic mass is 10.1. The lowest BCUT2D eigenvalue weighted by Crippen LogP contribution is -2.34. The predicted molar refractivity (Wildman–Crippen MR) is 61.2 cm³/mol. The second-order valence-electron chi connectivity index (χ2n) is 3.29. The van der Waals surface area contributed by atoms with Crippen LogP contribution >= 0.6 is 12.2 Å². The van der Waals surface area contributed by atoms with E-state index < -0.39 is 0 Å². The lowest BCUT2D eigenvalue weighted by Gasteiger charge is -2.14. The maximum Gasteiger partial charge on any atom is 0.166 e. The average molecular weight is 212 g/mol. The largest absolute Gasteiger partial charge is 0.366 e. The molecule has 14 heavy (non-hydrogen) atoms. The molecule has 0 saturated carbocycles. The van der Waals surface area contributed by atoms with Gasteiger partial charge in [-0.05, 0) is 26.1 Å². The van der Waals surface area contributed by atoms with Crippen LogP contribution < -0.4 is 10.6 Å². The summed E-state index contributed by atoms with van der Waals surface area (Å²) >= 11 is 5.03. The van der Waals surface area contributed by atoms with Crippen molar-refractivity contribution in [2.75, 3.05) is 7.05 Å². The second-order valence-corrected chi connectivity index (χ2v) is 3.70. The van der Waals surface area contributed by atoms with Crippen LogP contribution in [0, 0.1) is 6.92 Å². The van der Waals surface area contributed by atoms with Gasteiger partial charge in [0, 0.05) is 25.9 Å². The molecule has 0 amide bonds. The van der Waals surface area contributed by atoms with Crippen molar-refractivity contribution < 1.29 is 0 Å². The molecule has 1 rings (SSSR count). The smallest absolute Gasteiger partial charge is 0.166 e. The minimum atomic E-state index is 0.184. The fourth-order valence-corrected chi connectivity index (χ4v) is 1.57. The van der Waals surface area contributed by atoms with Gasteiger partial charge in [-0.25, -0.2) is 0 Å². The van der Waals surface area contributed by atoms with Crippen molar-refractivity contribution in [1.29, 1.82) is 0 Å². The highest BCUT2D eigenvalue weighted by molar-refractivity contribution is 7.80. The molecule has 1 atom stereocenters. The summed E-state index contributed by atoms with van der Waals surface area (Å²) in [5.41, 5.74) is 2.21. The molecule has 0 aliphatic rings. The number of hydrogen-bond donors (Lipinski definition) is 2. The first-order chi connectivity index (χ1) is 6.54. The molecule has 1 heterocycles. The van der Waals surface area contributed by atoms with Crippen molar-refractivity contribution in [3.8, 4) is 0 Å². The van der Waals surface area contributed by atoms with Crippen LogP contribution in [0.5, 0.6) is 0 Å². The van der Waals surface area contributed by atoms with Crippen LogP contribution in [-0.4, -0.2) is 21.9 Å². The Bertz CT molecular complexity index is 332. The molecule has 0 aliphatic carbocycles. The minimum absolute atomic E-state index is 0.184. The molecule has 1 unspecified atom stereocenters. The Hall–Kier alpha value is -1.10. The Morgan fingerprint density at radius 3 is 2.71 bits per heavy atom. The predicted octanol–water partition coefficient (Wildman–Crippen LogP) is 0.883. The summed E-state index contributed by atoms with van der Waals surface area (Å²) in [6, 6.07) is 0.184. The van der Waals surface area contributed by atoms with Gasteiger partial charge in [0.2, 0.25) is 0 Å². The Morgan fingerprint density at radius 2 is 2.29 bits per heavy atom. The maximum atomic E-state index is 5.03. The van der Waals surface area contributed by atoms with E-state index in [1.807, 2.05) is 24.9 Å². The summed E-state index contributed by atoms with van der Waals surface area (Å²) in [7, 11) is 3.72. The zero-order valence-electron chi connectivity index (χ0n) is 8.96. The van der Waals surface area contributed by atoms with E-state index in [1.54, 1.807) is 7.05 Å². The van der Waals surface area contributed by atoms with Crippen molar-refractivity contribution in [3.63, 3.8) is 0 Å². The highest BCUT2D eigenvalue weighted by Gasteiger charge is 2.11. The summed E-state index contributed by atoms with van der Waals surface area (Å²) in [6.07, 6.45) is 2.01. The highest BCUT2D eigenvalue weighted by atomic mass is 32.1. The van der Waals surface area contributed by atoms with Crippen LogP contribution in [-0.2, 0) is 7.05 Å². The maximum absolute atomic E-state index is 5.03. The van der Waals surface area contributed by atoms with Gasteiger partial charge in [0.25, 0.3) is 0 Å². The van der Waals surface area contributed by atoms with Gasteiger partial charge in [0.15, 0.2) is 5.11 Å². The number of thiocarbonyl (C=S) groups is 1. The van der Waals surface area contributed by atoms with E-state index in [2.05, 4.69) is 22.7 Å². The van der Waals surface area contributed by atoms with Gasteiger partial charge < -0.3 is 10.6 Å². The minimum Gasteiger partial charge on any atom is -0.366 e.